The lowest BCUT2D eigenvalue weighted by molar-refractivity contribution is -0.120. The van der Waals surface area contributed by atoms with Crippen molar-refractivity contribution < 1.29 is 9.53 Å². The van der Waals surface area contributed by atoms with E-state index < -0.39 is 0 Å². The Bertz CT molecular complexity index is 272. The summed E-state index contributed by atoms with van der Waals surface area (Å²) in [5.74, 6) is 0. The fraction of sp³-hybridized carbons (Fsp3) is 0.933. The van der Waals surface area contributed by atoms with Crippen molar-refractivity contribution in [1.82, 2.24) is 14.7 Å². The van der Waals surface area contributed by atoms with Crippen molar-refractivity contribution in [3.63, 3.8) is 0 Å². The number of hydrogen-bond acceptors (Lipinski definition) is 4. The van der Waals surface area contributed by atoms with E-state index in [2.05, 4.69) is 16.7 Å². The van der Waals surface area contributed by atoms with Crippen molar-refractivity contribution in [1.29, 1.82) is 0 Å². The molecule has 0 atom stereocenters. The van der Waals surface area contributed by atoms with E-state index >= 15 is 0 Å². The second-order valence-corrected chi connectivity index (χ2v) is 5.89. The van der Waals surface area contributed by atoms with Gasteiger partial charge >= 0.3 is 0 Å². The maximum atomic E-state index is 10.6. The minimum absolute atomic E-state index is 0.354. The fourth-order valence-corrected chi connectivity index (χ4v) is 3.05. The second-order valence-electron chi connectivity index (χ2n) is 5.89. The van der Waals surface area contributed by atoms with Gasteiger partial charge in [0.05, 0.1) is 12.7 Å². The van der Waals surface area contributed by atoms with Crippen LogP contribution in [-0.2, 0) is 9.53 Å². The number of nitrogens with zero attached hydrogens (tertiary/aromatic N) is 3. The summed E-state index contributed by atoms with van der Waals surface area (Å²) >= 11 is 0. The quantitative estimate of drug-likeness (QED) is 0.643. The van der Waals surface area contributed by atoms with Gasteiger partial charge in [0.1, 0.15) is 0 Å². The molecule has 5 nitrogen and oxygen atoms in total. The Labute approximate surface area is 122 Å². The first-order chi connectivity index (χ1) is 9.81. The third kappa shape index (κ3) is 5.04. The van der Waals surface area contributed by atoms with Crippen LogP contribution >= 0.6 is 0 Å². The summed E-state index contributed by atoms with van der Waals surface area (Å²) in [5, 5.41) is 0. The first kappa shape index (κ1) is 15.7. The zero-order valence-electron chi connectivity index (χ0n) is 12.8. The van der Waals surface area contributed by atoms with Crippen LogP contribution in [0.3, 0.4) is 0 Å². The monoisotopic (exact) mass is 283 g/mol. The molecule has 0 spiro atoms. The van der Waals surface area contributed by atoms with Gasteiger partial charge in [0.25, 0.3) is 0 Å². The predicted octanol–water partition coefficient (Wildman–Crippen LogP) is 0.651. The predicted molar refractivity (Wildman–Crippen MR) is 79.8 cm³/mol. The highest BCUT2D eigenvalue weighted by atomic mass is 16.5. The second kappa shape index (κ2) is 8.60. The summed E-state index contributed by atoms with van der Waals surface area (Å²) in [6, 6.07) is 0. The number of rotatable bonds is 7. The molecule has 2 aliphatic rings. The normalized spacial score (nSPS) is 23.1. The molecule has 0 radical (unpaired) electrons. The molecule has 0 aliphatic carbocycles. The smallest absolute Gasteiger partial charge is 0.209 e. The number of hydrogen-bond donors (Lipinski definition) is 0. The van der Waals surface area contributed by atoms with Crippen LogP contribution in [0.2, 0.25) is 0 Å². The highest BCUT2D eigenvalue weighted by Crippen LogP contribution is 2.12. The molecule has 2 fully saturated rings. The molecule has 5 heteroatoms. The van der Waals surface area contributed by atoms with Gasteiger partial charge in [-0.15, -0.1) is 0 Å². The zero-order chi connectivity index (χ0) is 14.2. The molecule has 0 bridgehead atoms. The van der Waals surface area contributed by atoms with Gasteiger partial charge in [-0.25, -0.2) is 0 Å². The van der Waals surface area contributed by atoms with Crippen LogP contribution in [-0.4, -0.2) is 86.2 Å². The molecule has 1 amide bonds. The lowest BCUT2D eigenvalue weighted by atomic mass is 10.1. The van der Waals surface area contributed by atoms with E-state index in [1.807, 2.05) is 4.90 Å². The summed E-state index contributed by atoms with van der Waals surface area (Å²) in [6.07, 6.45) is 4.54. The molecule has 0 aromatic heterocycles. The van der Waals surface area contributed by atoms with Gasteiger partial charge in [-0.1, -0.05) is 6.92 Å². The van der Waals surface area contributed by atoms with Crippen molar-refractivity contribution in [2.75, 3.05) is 59.0 Å². The summed E-state index contributed by atoms with van der Waals surface area (Å²) < 4.78 is 5.95. The van der Waals surface area contributed by atoms with Gasteiger partial charge in [-0.2, -0.15) is 0 Å². The molecule has 2 aliphatic heterocycles. The van der Waals surface area contributed by atoms with E-state index in [-0.39, 0.29) is 0 Å². The molecule has 20 heavy (non-hydrogen) atoms. The van der Waals surface area contributed by atoms with Crippen LogP contribution in [0, 0.1) is 0 Å². The van der Waals surface area contributed by atoms with Gasteiger partial charge in [0, 0.05) is 45.8 Å². The Hall–Kier alpha value is -0.650. The summed E-state index contributed by atoms with van der Waals surface area (Å²) in [6.45, 7) is 11.8. The fourth-order valence-electron chi connectivity index (χ4n) is 3.05. The largest absolute Gasteiger partial charge is 0.377 e. The van der Waals surface area contributed by atoms with E-state index in [1.54, 1.807) is 0 Å². The average Bonchev–Trinajstić information content (AvgIpc) is 2.50. The molecule has 0 saturated carbocycles. The SMILES string of the molecule is CCCN1CCN(CCOC2CCN(C=O)CC2)CC1. The first-order valence-corrected chi connectivity index (χ1v) is 8.07. The molecular weight excluding hydrogens is 254 g/mol. The minimum Gasteiger partial charge on any atom is -0.377 e. The Morgan fingerprint density at radius 1 is 1.00 bits per heavy atom. The average molecular weight is 283 g/mol. The highest BCUT2D eigenvalue weighted by Gasteiger charge is 2.19. The van der Waals surface area contributed by atoms with Gasteiger partial charge in [-0.3, -0.25) is 9.69 Å². The number of likely N-dealkylation sites (tertiary alicyclic amines) is 1. The van der Waals surface area contributed by atoms with Gasteiger partial charge in [-0.05, 0) is 25.8 Å². The topological polar surface area (TPSA) is 36.0 Å². The van der Waals surface area contributed by atoms with Gasteiger partial charge in [0.15, 0.2) is 0 Å². The van der Waals surface area contributed by atoms with E-state index in [1.165, 1.54) is 39.1 Å². The third-order valence-corrected chi connectivity index (χ3v) is 4.39. The molecule has 0 aromatic rings. The van der Waals surface area contributed by atoms with Crippen LogP contribution in [0.4, 0.5) is 0 Å². The molecule has 116 valence electrons. The lowest BCUT2D eigenvalue weighted by Gasteiger charge is -2.35. The number of piperidine rings is 1. The van der Waals surface area contributed by atoms with Crippen LogP contribution in [0.1, 0.15) is 26.2 Å². The number of piperazine rings is 1. The Balaban J connectivity index is 1.52. The lowest BCUT2D eigenvalue weighted by Crippen LogP contribution is -2.47. The minimum atomic E-state index is 0.354. The van der Waals surface area contributed by atoms with E-state index in [9.17, 15) is 4.79 Å². The summed E-state index contributed by atoms with van der Waals surface area (Å²) in [5.41, 5.74) is 0. The molecule has 2 rings (SSSR count). The molecule has 2 saturated heterocycles. The Morgan fingerprint density at radius 2 is 1.60 bits per heavy atom. The third-order valence-electron chi connectivity index (χ3n) is 4.39. The van der Waals surface area contributed by atoms with E-state index in [4.69, 9.17) is 4.74 Å². The van der Waals surface area contributed by atoms with E-state index in [0.717, 1.165) is 45.5 Å². The maximum absolute atomic E-state index is 10.6. The number of ether oxygens (including phenoxy) is 1. The van der Waals surface area contributed by atoms with Crippen LogP contribution in [0.25, 0.3) is 0 Å². The Kier molecular flexibility index (Phi) is 6.76. The molecule has 0 aromatic carbocycles. The highest BCUT2D eigenvalue weighted by molar-refractivity contribution is 5.47. The zero-order valence-corrected chi connectivity index (χ0v) is 12.8. The van der Waals surface area contributed by atoms with Crippen LogP contribution in [0.15, 0.2) is 0 Å². The molecular formula is C15H29N3O2. The van der Waals surface area contributed by atoms with Gasteiger partial charge in [0.2, 0.25) is 6.41 Å². The van der Waals surface area contributed by atoms with Crippen molar-refractivity contribution in [2.45, 2.75) is 32.3 Å². The van der Waals surface area contributed by atoms with E-state index in [0.29, 0.717) is 6.10 Å². The van der Waals surface area contributed by atoms with Crippen LogP contribution in [0.5, 0.6) is 0 Å². The van der Waals surface area contributed by atoms with Crippen LogP contribution < -0.4 is 0 Å². The number of carbonyl (C=O) groups excluding carboxylic acids is 1. The van der Waals surface area contributed by atoms with Crippen molar-refractivity contribution >= 4 is 6.41 Å². The van der Waals surface area contributed by atoms with Crippen molar-refractivity contribution in [2.24, 2.45) is 0 Å². The van der Waals surface area contributed by atoms with Crippen molar-refractivity contribution in [3.05, 3.63) is 0 Å². The number of amides is 1. The molecule has 0 unspecified atom stereocenters. The first-order valence-electron chi connectivity index (χ1n) is 8.07. The maximum Gasteiger partial charge on any atom is 0.209 e. The Morgan fingerprint density at radius 3 is 2.15 bits per heavy atom. The van der Waals surface area contributed by atoms with Gasteiger partial charge < -0.3 is 14.5 Å². The standard InChI is InChI=1S/C15H29N3O2/c1-2-5-16-8-10-17(11-9-16)12-13-20-15-3-6-18(14-19)7-4-15/h14-15H,2-13H2,1H3. The number of carbonyl (C=O) groups is 1. The summed E-state index contributed by atoms with van der Waals surface area (Å²) in [4.78, 5) is 17.5. The molecule has 2 heterocycles. The summed E-state index contributed by atoms with van der Waals surface area (Å²) in [7, 11) is 0. The van der Waals surface area contributed by atoms with Crippen molar-refractivity contribution in [3.8, 4) is 0 Å². The molecule has 0 N–H and O–H groups in total.